The molecular weight excluding hydrogens is 220 g/mol. The van der Waals surface area contributed by atoms with Gasteiger partial charge in [-0.15, -0.1) is 0 Å². The van der Waals surface area contributed by atoms with Gasteiger partial charge in [0.2, 0.25) is 0 Å². The fourth-order valence-corrected chi connectivity index (χ4v) is 2.92. The molecule has 2 rings (SSSR count). The van der Waals surface area contributed by atoms with Crippen molar-refractivity contribution in [3.63, 3.8) is 0 Å². The molecule has 0 aromatic heterocycles. The highest BCUT2D eigenvalue weighted by Gasteiger charge is 2.22. The van der Waals surface area contributed by atoms with Crippen LogP contribution in [-0.4, -0.2) is 31.6 Å². The van der Waals surface area contributed by atoms with Crippen LogP contribution in [0.4, 0.5) is 0 Å². The van der Waals surface area contributed by atoms with Crippen molar-refractivity contribution in [2.75, 3.05) is 26.7 Å². The maximum atomic E-state index is 3.35. The molecule has 18 heavy (non-hydrogen) atoms. The van der Waals surface area contributed by atoms with Gasteiger partial charge in [-0.2, -0.15) is 0 Å². The van der Waals surface area contributed by atoms with E-state index in [0.29, 0.717) is 6.04 Å². The Kier molecular flexibility index (Phi) is 5.21. The van der Waals surface area contributed by atoms with E-state index in [0.717, 1.165) is 12.5 Å². The molecule has 2 heteroatoms. The summed E-state index contributed by atoms with van der Waals surface area (Å²) in [6.07, 6.45) is 4.07. The van der Waals surface area contributed by atoms with Crippen molar-refractivity contribution < 1.29 is 0 Å². The second kappa shape index (κ2) is 6.91. The molecule has 0 aliphatic carbocycles. The van der Waals surface area contributed by atoms with Gasteiger partial charge in [-0.25, -0.2) is 0 Å². The van der Waals surface area contributed by atoms with Crippen molar-refractivity contribution >= 4 is 0 Å². The van der Waals surface area contributed by atoms with E-state index in [2.05, 4.69) is 54.5 Å². The van der Waals surface area contributed by atoms with E-state index >= 15 is 0 Å². The lowest BCUT2D eigenvalue weighted by atomic mass is 10.0. The van der Waals surface area contributed by atoms with Crippen molar-refractivity contribution in [3.05, 3.63) is 35.9 Å². The van der Waals surface area contributed by atoms with Crippen molar-refractivity contribution in [3.8, 4) is 0 Å². The molecule has 1 aliphatic heterocycles. The molecule has 100 valence electrons. The third-order valence-corrected chi connectivity index (χ3v) is 4.07. The third-order valence-electron chi connectivity index (χ3n) is 4.07. The van der Waals surface area contributed by atoms with Gasteiger partial charge in [0, 0.05) is 12.6 Å². The van der Waals surface area contributed by atoms with Crippen LogP contribution in [0.3, 0.4) is 0 Å². The fraction of sp³-hybridized carbons (Fsp3) is 0.625. The molecule has 0 saturated carbocycles. The Bertz CT molecular complexity index is 336. The van der Waals surface area contributed by atoms with Gasteiger partial charge in [-0.1, -0.05) is 37.3 Å². The smallest absolute Gasteiger partial charge is 0.0472 e. The van der Waals surface area contributed by atoms with Crippen LogP contribution >= 0.6 is 0 Å². The molecule has 0 spiro atoms. The van der Waals surface area contributed by atoms with Crippen LogP contribution in [0.5, 0.6) is 0 Å². The molecule has 1 N–H and O–H groups in total. The quantitative estimate of drug-likeness (QED) is 0.878. The summed E-state index contributed by atoms with van der Waals surface area (Å²) in [5.41, 5.74) is 1.45. The average Bonchev–Trinajstić information content (AvgIpc) is 2.62. The largest absolute Gasteiger partial charge is 0.318 e. The Balaban J connectivity index is 2.09. The molecular formula is C16H26N2. The summed E-state index contributed by atoms with van der Waals surface area (Å²) in [5, 5.41) is 3.35. The number of hydrogen-bond donors (Lipinski definition) is 1. The minimum atomic E-state index is 0.529. The molecule has 0 amide bonds. The van der Waals surface area contributed by atoms with Gasteiger partial charge in [0.25, 0.3) is 0 Å². The number of hydrogen-bond acceptors (Lipinski definition) is 2. The molecule has 0 radical (unpaired) electrons. The lowest BCUT2D eigenvalue weighted by molar-refractivity contribution is 0.200. The maximum Gasteiger partial charge on any atom is 0.0472 e. The van der Waals surface area contributed by atoms with Crippen LogP contribution in [0.1, 0.15) is 37.8 Å². The van der Waals surface area contributed by atoms with Crippen LogP contribution < -0.4 is 5.32 Å². The number of likely N-dealkylation sites (tertiary alicyclic amines) is 1. The van der Waals surface area contributed by atoms with E-state index in [1.807, 2.05) is 0 Å². The van der Waals surface area contributed by atoms with Crippen LogP contribution in [0.15, 0.2) is 30.3 Å². The van der Waals surface area contributed by atoms with Crippen LogP contribution in [-0.2, 0) is 0 Å². The zero-order chi connectivity index (χ0) is 12.8. The van der Waals surface area contributed by atoms with Gasteiger partial charge >= 0.3 is 0 Å². The first-order chi connectivity index (χ1) is 8.81. The van der Waals surface area contributed by atoms with Gasteiger partial charge in [-0.05, 0) is 50.9 Å². The van der Waals surface area contributed by atoms with Gasteiger partial charge < -0.3 is 5.32 Å². The number of rotatable bonds is 4. The molecule has 0 bridgehead atoms. The first-order valence-corrected chi connectivity index (χ1v) is 7.25. The molecule has 1 aromatic rings. The summed E-state index contributed by atoms with van der Waals surface area (Å²) in [6, 6.07) is 11.5. The third kappa shape index (κ3) is 3.56. The summed E-state index contributed by atoms with van der Waals surface area (Å²) < 4.78 is 0. The molecule has 1 heterocycles. The van der Waals surface area contributed by atoms with E-state index in [4.69, 9.17) is 0 Å². The predicted molar refractivity (Wildman–Crippen MR) is 77.7 cm³/mol. The fourth-order valence-electron chi connectivity index (χ4n) is 2.92. The lowest BCUT2D eigenvalue weighted by Crippen LogP contribution is -2.35. The summed E-state index contributed by atoms with van der Waals surface area (Å²) in [4.78, 5) is 2.66. The van der Waals surface area contributed by atoms with E-state index in [1.165, 1.54) is 37.9 Å². The highest BCUT2D eigenvalue weighted by atomic mass is 15.2. The zero-order valence-corrected chi connectivity index (χ0v) is 11.7. The van der Waals surface area contributed by atoms with E-state index in [-0.39, 0.29) is 0 Å². The molecule has 2 atom stereocenters. The number of likely N-dealkylation sites (N-methyl/N-ethyl adjacent to an activating group) is 1. The lowest BCUT2D eigenvalue weighted by Gasteiger charge is -2.31. The Labute approximate surface area is 111 Å². The van der Waals surface area contributed by atoms with Crippen LogP contribution in [0.25, 0.3) is 0 Å². The van der Waals surface area contributed by atoms with Crippen molar-refractivity contribution in [1.29, 1.82) is 0 Å². The zero-order valence-electron chi connectivity index (χ0n) is 11.7. The molecule has 1 aromatic carbocycles. The Morgan fingerprint density at radius 2 is 2.00 bits per heavy atom. The van der Waals surface area contributed by atoms with Crippen LogP contribution in [0, 0.1) is 5.92 Å². The second-order valence-corrected chi connectivity index (χ2v) is 5.56. The van der Waals surface area contributed by atoms with Crippen molar-refractivity contribution in [1.82, 2.24) is 10.2 Å². The average molecular weight is 246 g/mol. The number of nitrogens with one attached hydrogen (secondary N) is 1. The van der Waals surface area contributed by atoms with Gasteiger partial charge in [0.05, 0.1) is 0 Å². The van der Waals surface area contributed by atoms with Crippen molar-refractivity contribution in [2.45, 2.75) is 32.2 Å². The van der Waals surface area contributed by atoms with Crippen LogP contribution in [0.2, 0.25) is 0 Å². The summed E-state index contributed by atoms with van der Waals surface area (Å²) in [5.74, 6) is 0.890. The minimum absolute atomic E-state index is 0.529. The molecule has 2 unspecified atom stereocenters. The van der Waals surface area contributed by atoms with E-state index in [1.54, 1.807) is 0 Å². The summed E-state index contributed by atoms with van der Waals surface area (Å²) in [7, 11) is 2.05. The Morgan fingerprint density at radius 3 is 2.72 bits per heavy atom. The normalized spacial score (nSPS) is 23.6. The predicted octanol–water partition coefficient (Wildman–Crippen LogP) is 3.07. The molecule has 1 aliphatic rings. The maximum absolute atomic E-state index is 3.35. The number of nitrogens with zero attached hydrogens (tertiary/aromatic N) is 1. The topological polar surface area (TPSA) is 15.3 Å². The SMILES string of the molecule is CNCC(c1ccccc1)N1CCCC(C)CC1. The highest BCUT2D eigenvalue weighted by molar-refractivity contribution is 5.19. The van der Waals surface area contributed by atoms with E-state index in [9.17, 15) is 0 Å². The summed E-state index contributed by atoms with van der Waals surface area (Å²) >= 11 is 0. The van der Waals surface area contributed by atoms with Gasteiger partial charge in [0.1, 0.15) is 0 Å². The van der Waals surface area contributed by atoms with Gasteiger partial charge in [-0.3, -0.25) is 4.90 Å². The molecule has 1 saturated heterocycles. The minimum Gasteiger partial charge on any atom is -0.318 e. The molecule has 2 nitrogen and oxygen atoms in total. The highest BCUT2D eigenvalue weighted by Crippen LogP contribution is 2.25. The standard InChI is InChI=1S/C16H26N2/c1-14-7-6-11-18(12-10-14)16(13-17-2)15-8-4-3-5-9-15/h3-5,8-9,14,16-17H,6-7,10-13H2,1-2H3. The summed E-state index contributed by atoms with van der Waals surface area (Å²) in [6.45, 7) is 5.91. The molecule has 1 fully saturated rings. The monoisotopic (exact) mass is 246 g/mol. The first kappa shape index (κ1) is 13.6. The Morgan fingerprint density at radius 1 is 1.22 bits per heavy atom. The van der Waals surface area contributed by atoms with Gasteiger partial charge in [0.15, 0.2) is 0 Å². The number of benzene rings is 1. The Hall–Kier alpha value is -0.860. The second-order valence-electron chi connectivity index (χ2n) is 5.56. The van der Waals surface area contributed by atoms with E-state index < -0.39 is 0 Å². The first-order valence-electron chi connectivity index (χ1n) is 7.25. The van der Waals surface area contributed by atoms with Crippen molar-refractivity contribution in [2.24, 2.45) is 5.92 Å².